The molecule has 1 amide bonds. The Balaban J connectivity index is 1.43. The number of rotatable bonds is 4. The number of carbonyl (C=O) groups is 1. The highest BCUT2D eigenvalue weighted by Gasteiger charge is 2.19. The lowest BCUT2D eigenvalue weighted by Gasteiger charge is -2.21. The van der Waals surface area contributed by atoms with E-state index in [-0.39, 0.29) is 11.3 Å². The van der Waals surface area contributed by atoms with Gasteiger partial charge in [-0.1, -0.05) is 0 Å². The van der Waals surface area contributed by atoms with Gasteiger partial charge in [-0.2, -0.15) is 0 Å². The van der Waals surface area contributed by atoms with Crippen LogP contribution in [0.1, 0.15) is 46.5 Å². The fraction of sp³-hybridized carbons (Fsp3) is 0.304. The fourth-order valence-corrected chi connectivity index (χ4v) is 4.00. The minimum Gasteiger partial charge on any atom is -0.436 e. The number of benzene rings is 1. The van der Waals surface area contributed by atoms with Crippen LogP contribution in [0, 0.1) is 19.7 Å². The van der Waals surface area contributed by atoms with E-state index in [2.05, 4.69) is 20.3 Å². The van der Waals surface area contributed by atoms with E-state index in [0.717, 1.165) is 31.6 Å². The number of nitrogens with zero attached hydrogens (tertiary/aromatic N) is 4. The van der Waals surface area contributed by atoms with E-state index < -0.39 is 11.7 Å². The number of aromatic nitrogens is 4. The molecule has 164 valence electrons. The Hall–Kier alpha value is -3.59. The number of halogens is 1. The van der Waals surface area contributed by atoms with Crippen LogP contribution in [0.25, 0.3) is 17.0 Å². The van der Waals surface area contributed by atoms with Crippen molar-refractivity contribution in [2.45, 2.75) is 32.6 Å². The van der Waals surface area contributed by atoms with Gasteiger partial charge in [0, 0.05) is 50.0 Å². The van der Waals surface area contributed by atoms with Gasteiger partial charge < -0.3 is 14.5 Å². The Labute approximate surface area is 183 Å². The second-order valence-electron chi connectivity index (χ2n) is 7.90. The number of amides is 1. The molecule has 9 heteroatoms. The van der Waals surface area contributed by atoms with Crippen LogP contribution in [0.4, 0.5) is 10.1 Å². The molecule has 1 saturated heterocycles. The summed E-state index contributed by atoms with van der Waals surface area (Å²) in [5, 5.41) is 2.73. The first kappa shape index (κ1) is 20.3. The number of carbonyl (C=O) groups excluding carboxylic acids is 1. The summed E-state index contributed by atoms with van der Waals surface area (Å²) in [6.45, 7) is 4.86. The van der Waals surface area contributed by atoms with Gasteiger partial charge in [-0.15, -0.1) is 0 Å². The molecule has 32 heavy (non-hydrogen) atoms. The molecule has 1 aromatic carbocycles. The molecular weight excluding hydrogens is 413 g/mol. The molecule has 0 aliphatic carbocycles. The van der Waals surface area contributed by atoms with Crippen LogP contribution in [-0.2, 0) is 4.74 Å². The fourth-order valence-electron chi connectivity index (χ4n) is 4.00. The summed E-state index contributed by atoms with van der Waals surface area (Å²) in [6, 6.07) is 4.34. The lowest BCUT2D eigenvalue weighted by atomic mass is 9.94. The number of oxazole rings is 1. The molecule has 4 heterocycles. The number of hydrogen-bond acceptors (Lipinski definition) is 6. The van der Waals surface area contributed by atoms with E-state index in [9.17, 15) is 9.18 Å². The Morgan fingerprint density at radius 1 is 1.19 bits per heavy atom. The van der Waals surface area contributed by atoms with E-state index in [1.807, 2.05) is 16.8 Å². The Bertz CT molecular complexity index is 1310. The summed E-state index contributed by atoms with van der Waals surface area (Å²) in [5.74, 6) is 0.527. The van der Waals surface area contributed by atoms with Crippen molar-refractivity contribution in [1.82, 2.24) is 19.4 Å². The summed E-state index contributed by atoms with van der Waals surface area (Å²) in [4.78, 5) is 25.6. The Kier molecular flexibility index (Phi) is 5.18. The van der Waals surface area contributed by atoms with Crippen molar-refractivity contribution in [1.29, 1.82) is 0 Å². The molecule has 0 spiro atoms. The van der Waals surface area contributed by atoms with E-state index in [1.54, 1.807) is 26.1 Å². The third-order valence-electron chi connectivity index (χ3n) is 5.63. The maximum absolute atomic E-state index is 14.7. The largest absolute Gasteiger partial charge is 0.436 e. The SMILES string of the molecule is Cc1nc(C)c(C(=O)Nc2ccc(F)c(-c3cn4cc(C5CCOCC5)cnc4n3)c2)o1. The number of aryl methyl sites for hydroxylation is 2. The van der Waals surface area contributed by atoms with Gasteiger partial charge in [0.25, 0.3) is 5.91 Å². The molecule has 3 aromatic heterocycles. The van der Waals surface area contributed by atoms with E-state index in [0.29, 0.717) is 34.7 Å². The molecule has 0 radical (unpaired) electrons. The molecule has 4 aromatic rings. The first-order chi connectivity index (χ1) is 15.5. The van der Waals surface area contributed by atoms with Crippen molar-refractivity contribution < 1.29 is 18.3 Å². The van der Waals surface area contributed by atoms with Crippen molar-refractivity contribution >= 4 is 17.4 Å². The van der Waals surface area contributed by atoms with Crippen molar-refractivity contribution in [3.63, 3.8) is 0 Å². The van der Waals surface area contributed by atoms with Crippen molar-refractivity contribution in [2.75, 3.05) is 18.5 Å². The van der Waals surface area contributed by atoms with Gasteiger partial charge in [0.15, 0.2) is 5.89 Å². The molecular formula is C23H22FN5O3. The number of hydrogen-bond donors (Lipinski definition) is 1. The van der Waals surface area contributed by atoms with E-state index in [1.165, 1.54) is 12.1 Å². The van der Waals surface area contributed by atoms with Crippen LogP contribution < -0.4 is 5.32 Å². The van der Waals surface area contributed by atoms with Crippen molar-refractivity contribution in [3.05, 3.63) is 65.5 Å². The zero-order valence-corrected chi connectivity index (χ0v) is 17.8. The quantitative estimate of drug-likeness (QED) is 0.514. The lowest BCUT2D eigenvalue weighted by molar-refractivity contribution is 0.0852. The van der Waals surface area contributed by atoms with Gasteiger partial charge in [0.1, 0.15) is 5.82 Å². The maximum atomic E-state index is 14.7. The van der Waals surface area contributed by atoms with Crippen molar-refractivity contribution in [3.8, 4) is 11.3 Å². The van der Waals surface area contributed by atoms with Crippen molar-refractivity contribution in [2.24, 2.45) is 0 Å². The van der Waals surface area contributed by atoms with Gasteiger partial charge in [-0.05, 0) is 49.4 Å². The number of ether oxygens (including phenoxy) is 1. The average molecular weight is 435 g/mol. The monoisotopic (exact) mass is 435 g/mol. The summed E-state index contributed by atoms with van der Waals surface area (Å²) < 4.78 is 27.3. The molecule has 8 nitrogen and oxygen atoms in total. The normalized spacial score (nSPS) is 14.7. The molecule has 0 atom stereocenters. The van der Waals surface area contributed by atoms with Crippen LogP contribution in [0.5, 0.6) is 0 Å². The van der Waals surface area contributed by atoms with Crippen LogP contribution in [0.15, 0.2) is 41.2 Å². The molecule has 0 unspecified atom stereocenters. The zero-order valence-electron chi connectivity index (χ0n) is 17.8. The van der Waals surface area contributed by atoms with Gasteiger partial charge >= 0.3 is 0 Å². The third-order valence-corrected chi connectivity index (χ3v) is 5.63. The number of imidazole rings is 1. The third kappa shape index (κ3) is 3.87. The van der Waals surface area contributed by atoms with E-state index >= 15 is 0 Å². The van der Waals surface area contributed by atoms with Crippen LogP contribution in [0.3, 0.4) is 0 Å². The Morgan fingerprint density at radius 3 is 2.75 bits per heavy atom. The summed E-state index contributed by atoms with van der Waals surface area (Å²) in [7, 11) is 0. The van der Waals surface area contributed by atoms with Gasteiger partial charge in [0.2, 0.25) is 11.5 Å². The molecule has 1 aliphatic rings. The predicted octanol–water partition coefficient (Wildman–Crippen LogP) is 4.29. The molecule has 0 saturated carbocycles. The number of anilines is 1. The topological polar surface area (TPSA) is 94.6 Å². The van der Waals surface area contributed by atoms with Gasteiger partial charge in [-0.3, -0.25) is 9.20 Å². The van der Waals surface area contributed by atoms with Crippen LogP contribution >= 0.6 is 0 Å². The highest BCUT2D eigenvalue weighted by atomic mass is 19.1. The summed E-state index contributed by atoms with van der Waals surface area (Å²) in [6.07, 6.45) is 7.48. The van der Waals surface area contributed by atoms with Gasteiger partial charge in [0.05, 0.1) is 11.4 Å². The number of nitrogens with one attached hydrogen (secondary N) is 1. The molecule has 1 aliphatic heterocycles. The molecule has 5 rings (SSSR count). The lowest BCUT2D eigenvalue weighted by Crippen LogP contribution is -2.14. The summed E-state index contributed by atoms with van der Waals surface area (Å²) in [5.41, 5.74) is 2.74. The van der Waals surface area contributed by atoms with Gasteiger partial charge in [-0.25, -0.2) is 19.3 Å². The van der Waals surface area contributed by atoms with E-state index in [4.69, 9.17) is 9.15 Å². The Morgan fingerprint density at radius 2 is 2.00 bits per heavy atom. The first-order valence-corrected chi connectivity index (χ1v) is 10.5. The standard InChI is InChI=1S/C23H22FN5O3/c1-13-21(32-14(2)26-13)22(30)27-17-3-4-19(24)18(9-17)20-12-29-11-16(10-25-23(29)28-20)15-5-7-31-8-6-15/h3-4,9-12,15H,5-8H2,1-2H3,(H,27,30). The second-order valence-corrected chi connectivity index (χ2v) is 7.90. The maximum Gasteiger partial charge on any atom is 0.293 e. The summed E-state index contributed by atoms with van der Waals surface area (Å²) >= 11 is 0. The highest BCUT2D eigenvalue weighted by molar-refractivity contribution is 6.03. The highest BCUT2D eigenvalue weighted by Crippen LogP contribution is 2.29. The molecule has 0 bridgehead atoms. The molecule has 1 N–H and O–H groups in total. The van der Waals surface area contributed by atoms with Crippen LogP contribution in [-0.4, -0.2) is 38.5 Å². The first-order valence-electron chi connectivity index (χ1n) is 10.5. The zero-order chi connectivity index (χ0) is 22.2. The number of fused-ring (bicyclic) bond motifs is 1. The minimum absolute atomic E-state index is 0.131. The van der Waals surface area contributed by atoms with Crippen LogP contribution in [0.2, 0.25) is 0 Å². The predicted molar refractivity (Wildman–Crippen MR) is 115 cm³/mol. The average Bonchev–Trinajstić information content (AvgIpc) is 3.37. The second kappa shape index (κ2) is 8.16. The minimum atomic E-state index is -0.446. The molecule has 1 fully saturated rings. The smallest absolute Gasteiger partial charge is 0.293 e.